The normalized spacial score (nSPS) is 19.0. The third kappa shape index (κ3) is 4.31. The molecule has 35 heavy (non-hydrogen) atoms. The number of benzene rings is 4. The largest absolute Gasteiger partial charge is 0.457 e. The highest BCUT2D eigenvalue weighted by molar-refractivity contribution is 6.01. The molecule has 0 fully saturated rings. The van der Waals surface area contributed by atoms with Gasteiger partial charge in [0.15, 0.2) is 5.78 Å². The Morgan fingerprint density at radius 2 is 1.31 bits per heavy atom. The standard InChI is InChI=1S/C31H26N2O2/c34-29-20-23(21-10-3-1-4-11-21)19-28-30(29)31(33-27-17-8-7-16-26(27)32-28)22-12-9-15-25(18-22)35-24-13-5-2-6-14-24/h1-18,23,31-33H,19-20H2/t23-,31-/m1/s1. The Morgan fingerprint density at radius 1 is 0.657 bits per heavy atom. The number of hydrogen-bond donors (Lipinski definition) is 2. The molecular formula is C31H26N2O2. The second-order valence-electron chi connectivity index (χ2n) is 9.07. The Balaban J connectivity index is 1.41. The van der Waals surface area contributed by atoms with E-state index in [0.717, 1.165) is 46.1 Å². The number of Topliss-reactive ketones (excluding diaryl/α,β-unsaturated/α-hetero) is 1. The van der Waals surface area contributed by atoms with Crippen LogP contribution in [0.5, 0.6) is 11.5 Å². The van der Waals surface area contributed by atoms with Crippen molar-refractivity contribution in [2.24, 2.45) is 0 Å². The van der Waals surface area contributed by atoms with Crippen LogP contribution in [-0.4, -0.2) is 5.78 Å². The van der Waals surface area contributed by atoms with Crippen molar-refractivity contribution in [3.63, 3.8) is 0 Å². The number of ether oxygens (including phenoxy) is 1. The van der Waals surface area contributed by atoms with E-state index in [1.165, 1.54) is 5.56 Å². The number of carbonyl (C=O) groups excluding carboxylic acids is 1. The van der Waals surface area contributed by atoms with Gasteiger partial charge in [0, 0.05) is 17.7 Å². The van der Waals surface area contributed by atoms with Gasteiger partial charge in [0.2, 0.25) is 0 Å². The van der Waals surface area contributed by atoms with E-state index >= 15 is 0 Å². The number of rotatable bonds is 4. The molecule has 0 unspecified atom stereocenters. The van der Waals surface area contributed by atoms with E-state index in [2.05, 4.69) is 41.0 Å². The molecule has 4 heteroatoms. The Kier molecular flexibility index (Phi) is 5.55. The van der Waals surface area contributed by atoms with E-state index in [9.17, 15) is 4.79 Å². The lowest BCUT2D eigenvalue weighted by molar-refractivity contribution is -0.116. The molecule has 0 radical (unpaired) electrons. The third-order valence-electron chi connectivity index (χ3n) is 6.75. The molecule has 4 nitrogen and oxygen atoms in total. The van der Waals surface area contributed by atoms with Gasteiger partial charge < -0.3 is 15.4 Å². The van der Waals surface area contributed by atoms with Crippen molar-refractivity contribution in [2.45, 2.75) is 24.8 Å². The van der Waals surface area contributed by atoms with E-state index < -0.39 is 0 Å². The number of anilines is 2. The average Bonchev–Trinajstić information content (AvgIpc) is 3.07. The van der Waals surface area contributed by atoms with E-state index in [1.54, 1.807) is 0 Å². The zero-order chi connectivity index (χ0) is 23.6. The first kappa shape index (κ1) is 21.2. The first-order chi connectivity index (χ1) is 17.2. The highest BCUT2D eigenvalue weighted by Crippen LogP contribution is 2.44. The molecule has 172 valence electrons. The van der Waals surface area contributed by atoms with Crippen molar-refractivity contribution < 1.29 is 9.53 Å². The maximum Gasteiger partial charge on any atom is 0.163 e. The highest BCUT2D eigenvalue weighted by Gasteiger charge is 2.36. The predicted octanol–water partition coefficient (Wildman–Crippen LogP) is 7.46. The van der Waals surface area contributed by atoms with Gasteiger partial charge in [-0.3, -0.25) is 4.79 Å². The van der Waals surface area contributed by atoms with Gasteiger partial charge in [0.1, 0.15) is 11.5 Å². The number of allylic oxidation sites excluding steroid dienone is 1. The zero-order valence-corrected chi connectivity index (χ0v) is 19.3. The van der Waals surface area contributed by atoms with Gasteiger partial charge in [0.25, 0.3) is 0 Å². The fraction of sp³-hybridized carbons (Fsp3) is 0.129. The number of nitrogens with one attached hydrogen (secondary N) is 2. The number of hydrogen-bond acceptors (Lipinski definition) is 4. The fourth-order valence-corrected chi connectivity index (χ4v) is 5.09. The fourth-order valence-electron chi connectivity index (χ4n) is 5.09. The van der Waals surface area contributed by atoms with Crippen LogP contribution >= 0.6 is 0 Å². The van der Waals surface area contributed by atoms with E-state index in [1.807, 2.05) is 78.9 Å². The summed E-state index contributed by atoms with van der Waals surface area (Å²) >= 11 is 0. The average molecular weight is 459 g/mol. The number of fused-ring (bicyclic) bond motifs is 1. The second kappa shape index (κ2) is 9.15. The van der Waals surface area contributed by atoms with Gasteiger partial charge in [-0.25, -0.2) is 0 Å². The molecule has 2 N–H and O–H groups in total. The molecule has 1 aliphatic carbocycles. The first-order valence-corrected chi connectivity index (χ1v) is 12.0. The van der Waals surface area contributed by atoms with Crippen LogP contribution in [0.4, 0.5) is 11.4 Å². The predicted molar refractivity (Wildman–Crippen MR) is 140 cm³/mol. The monoisotopic (exact) mass is 458 g/mol. The van der Waals surface area contributed by atoms with Gasteiger partial charge in [0.05, 0.1) is 17.4 Å². The summed E-state index contributed by atoms with van der Waals surface area (Å²) in [4.78, 5) is 13.7. The lowest BCUT2D eigenvalue weighted by Gasteiger charge is -2.30. The molecule has 6 rings (SSSR count). The van der Waals surface area contributed by atoms with Crippen LogP contribution in [0.2, 0.25) is 0 Å². The van der Waals surface area contributed by atoms with Crippen LogP contribution in [-0.2, 0) is 4.79 Å². The van der Waals surface area contributed by atoms with Gasteiger partial charge in [-0.15, -0.1) is 0 Å². The molecule has 4 aromatic rings. The third-order valence-corrected chi connectivity index (χ3v) is 6.75. The Hall–Kier alpha value is -4.31. The van der Waals surface area contributed by atoms with E-state index in [4.69, 9.17) is 4.74 Å². The smallest absolute Gasteiger partial charge is 0.163 e. The summed E-state index contributed by atoms with van der Waals surface area (Å²) in [7, 11) is 0. The van der Waals surface area contributed by atoms with Crippen molar-refractivity contribution >= 4 is 17.2 Å². The number of carbonyl (C=O) groups is 1. The molecule has 2 atom stereocenters. The van der Waals surface area contributed by atoms with Crippen LogP contribution in [0, 0.1) is 0 Å². The second-order valence-corrected chi connectivity index (χ2v) is 9.07. The molecule has 0 amide bonds. The van der Waals surface area contributed by atoms with Gasteiger partial charge >= 0.3 is 0 Å². The van der Waals surface area contributed by atoms with E-state index in [-0.39, 0.29) is 17.7 Å². The van der Waals surface area contributed by atoms with Crippen molar-refractivity contribution in [1.82, 2.24) is 0 Å². The molecule has 4 aromatic carbocycles. The molecule has 0 bridgehead atoms. The maximum absolute atomic E-state index is 13.7. The summed E-state index contributed by atoms with van der Waals surface area (Å²) in [6, 6.07) is 36.0. The van der Waals surface area contributed by atoms with Crippen LogP contribution in [0.1, 0.15) is 35.9 Å². The summed E-state index contributed by atoms with van der Waals surface area (Å²) in [6.07, 6.45) is 1.29. The van der Waals surface area contributed by atoms with Gasteiger partial charge in [-0.1, -0.05) is 72.8 Å². The molecule has 0 saturated carbocycles. The van der Waals surface area contributed by atoms with Crippen molar-refractivity contribution in [3.05, 3.63) is 132 Å². The zero-order valence-electron chi connectivity index (χ0n) is 19.3. The topological polar surface area (TPSA) is 50.4 Å². The Morgan fingerprint density at radius 3 is 2.11 bits per heavy atom. The molecule has 1 heterocycles. The molecule has 0 spiro atoms. The lowest BCUT2D eigenvalue weighted by atomic mass is 9.78. The van der Waals surface area contributed by atoms with Crippen LogP contribution < -0.4 is 15.4 Å². The molecular weight excluding hydrogens is 432 g/mol. The minimum Gasteiger partial charge on any atom is -0.457 e. The quantitative estimate of drug-likeness (QED) is 0.333. The van der Waals surface area contributed by atoms with Crippen molar-refractivity contribution in [1.29, 1.82) is 0 Å². The number of para-hydroxylation sites is 3. The minimum atomic E-state index is -0.273. The van der Waals surface area contributed by atoms with Crippen LogP contribution in [0.25, 0.3) is 0 Å². The van der Waals surface area contributed by atoms with Gasteiger partial charge in [-0.05, 0) is 59.9 Å². The van der Waals surface area contributed by atoms with E-state index in [0.29, 0.717) is 6.42 Å². The highest BCUT2D eigenvalue weighted by atomic mass is 16.5. The SMILES string of the molecule is O=C1C[C@H](c2ccccc2)CC2=C1[C@@H](c1cccc(Oc3ccccc3)c1)Nc1ccccc1N2. The summed E-state index contributed by atoms with van der Waals surface area (Å²) in [5.74, 6) is 1.86. The first-order valence-electron chi connectivity index (χ1n) is 12.0. The Labute approximate surface area is 205 Å². The molecule has 0 saturated heterocycles. The van der Waals surface area contributed by atoms with Crippen LogP contribution in [0.15, 0.2) is 120 Å². The van der Waals surface area contributed by atoms with Crippen LogP contribution in [0.3, 0.4) is 0 Å². The summed E-state index contributed by atoms with van der Waals surface area (Å²) in [5, 5.41) is 7.27. The summed E-state index contributed by atoms with van der Waals surface area (Å²) in [5.41, 5.74) is 5.97. The summed E-state index contributed by atoms with van der Waals surface area (Å²) in [6.45, 7) is 0. The maximum atomic E-state index is 13.7. The molecule has 2 aliphatic rings. The van der Waals surface area contributed by atoms with Gasteiger partial charge in [-0.2, -0.15) is 0 Å². The molecule has 1 aliphatic heterocycles. The van der Waals surface area contributed by atoms with Crippen molar-refractivity contribution in [2.75, 3.05) is 10.6 Å². The summed E-state index contributed by atoms with van der Waals surface area (Å²) < 4.78 is 6.10. The minimum absolute atomic E-state index is 0.161. The van der Waals surface area contributed by atoms with Crippen molar-refractivity contribution in [3.8, 4) is 11.5 Å². The number of ketones is 1. The Bertz CT molecular complexity index is 1400. The lowest BCUT2D eigenvalue weighted by Crippen LogP contribution is -2.26. The molecule has 0 aromatic heterocycles.